The molecule has 202 valence electrons. The second kappa shape index (κ2) is 13.2. The van der Waals surface area contributed by atoms with E-state index in [1.165, 1.54) is 18.5 Å². The van der Waals surface area contributed by atoms with Gasteiger partial charge in [0.2, 0.25) is 11.8 Å². The van der Waals surface area contributed by atoms with Crippen LogP contribution < -0.4 is 14.8 Å². The molecule has 1 fully saturated rings. The monoisotopic (exact) mass is 518 g/mol. The van der Waals surface area contributed by atoms with Gasteiger partial charge in [0.05, 0.1) is 24.4 Å². The number of benzene rings is 1. The zero-order valence-corrected chi connectivity index (χ0v) is 22.0. The van der Waals surface area contributed by atoms with Crippen molar-refractivity contribution in [1.82, 2.24) is 20.2 Å². The maximum absolute atomic E-state index is 14.7. The molecule has 2 aromatic rings. The summed E-state index contributed by atoms with van der Waals surface area (Å²) in [7, 11) is 0. The molecule has 0 radical (unpaired) electrons. The van der Waals surface area contributed by atoms with Gasteiger partial charge in [0, 0.05) is 38.0 Å². The maximum Gasteiger partial charge on any atom is 0.410 e. The minimum absolute atomic E-state index is 0.0651. The van der Waals surface area contributed by atoms with Crippen LogP contribution in [-0.2, 0) is 9.47 Å². The molecular weight excluding hydrogens is 483 g/mol. The van der Waals surface area contributed by atoms with Crippen LogP contribution in [0.15, 0.2) is 24.5 Å². The molecule has 0 bridgehead atoms. The molecule has 37 heavy (non-hydrogen) atoms. The van der Waals surface area contributed by atoms with Crippen LogP contribution in [0, 0.1) is 12.7 Å². The summed E-state index contributed by atoms with van der Waals surface area (Å²) >= 11 is 0. The number of piperidine rings is 1. The normalized spacial score (nSPS) is 14.1. The first-order valence-corrected chi connectivity index (χ1v) is 12.4. The Labute approximate surface area is 216 Å². The molecule has 0 unspecified atom stereocenters. The average molecular weight is 519 g/mol. The van der Waals surface area contributed by atoms with E-state index in [0.29, 0.717) is 50.5 Å². The molecule has 11 heteroatoms. The van der Waals surface area contributed by atoms with E-state index in [-0.39, 0.29) is 41.6 Å². The molecule has 0 spiro atoms. The zero-order valence-electron chi connectivity index (χ0n) is 22.0. The molecule has 3 rings (SSSR count). The van der Waals surface area contributed by atoms with E-state index in [0.717, 1.165) is 6.07 Å². The largest absolute Gasteiger partial charge is 0.474 e. The van der Waals surface area contributed by atoms with E-state index in [1.54, 1.807) is 11.8 Å². The molecule has 2 heterocycles. The van der Waals surface area contributed by atoms with E-state index in [2.05, 4.69) is 15.3 Å². The molecule has 0 atom stereocenters. The summed E-state index contributed by atoms with van der Waals surface area (Å²) in [4.78, 5) is 34.3. The number of carbonyl (C=O) groups is 2. The second-order valence-corrected chi connectivity index (χ2v) is 9.27. The van der Waals surface area contributed by atoms with Crippen molar-refractivity contribution in [2.45, 2.75) is 65.8 Å². The van der Waals surface area contributed by atoms with E-state index >= 15 is 0 Å². The van der Waals surface area contributed by atoms with Crippen molar-refractivity contribution in [3.05, 3.63) is 41.5 Å². The van der Waals surface area contributed by atoms with Crippen molar-refractivity contribution in [2.75, 3.05) is 26.2 Å². The fourth-order valence-electron chi connectivity index (χ4n) is 3.62. The molecular formula is C26H35FN4O6. The highest BCUT2D eigenvalue weighted by atomic mass is 19.1. The summed E-state index contributed by atoms with van der Waals surface area (Å²) in [6.07, 6.45) is 1.94. The molecule has 1 aliphatic rings. The average Bonchev–Trinajstić information content (AvgIpc) is 2.85. The maximum atomic E-state index is 14.7. The summed E-state index contributed by atoms with van der Waals surface area (Å²) in [5.74, 6) is -0.718. The highest BCUT2D eigenvalue weighted by molar-refractivity contribution is 5.94. The van der Waals surface area contributed by atoms with E-state index < -0.39 is 11.7 Å². The Balaban J connectivity index is 1.57. The van der Waals surface area contributed by atoms with Gasteiger partial charge in [-0.15, -0.1) is 0 Å². The summed E-state index contributed by atoms with van der Waals surface area (Å²) in [5.41, 5.74) is 0.678. The van der Waals surface area contributed by atoms with Gasteiger partial charge in [-0.3, -0.25) is 4.79 Å². The number of hydrogen-bond donors (Lipinski definition) is 1. The molecule has 1 aromatic carbocycles. The first kappa shape index (κ1) is 28.1. The van der Waals surface area contributed by atoms with Gasteiger partial charge in [0.25, 0.3) is 5.91 Å². The molecule has 0 aliphatic carbocycles. The van der Waals surface area contributed by atoms with Crippen molar-refractivity contribution >= 4 is 12.0 Å². The SMILES string of the molecule is Cc1c(Oc2ccc(C(=O)NCCOC(C)C)cc2F)ncnc1OC1CCN(C(=O)OC(C)C)CC1. The van der Waals surface area contributed by atoms with Crippen LogP contribution in [0.5, 0.6) is 17.5 Å². The van der Waals surface area contributed by atoms with Crippen molar-refractivity contribution in [1.29, 1.82) is 0 Å². The smallest absolute Gasteiger partial charge is 0.410 e. The number of likely N-dealkylation sites (tertiary alicyclic amines) is 1. The fraction of sp³-hybridized carbons (Fsp3) is 0.538. The third-order valence-electron chi connectivity index (χ3n) is 5.55. The van der Waals surface area contributed by atoms with Gasteiger partial charge in [-0.1, -0.05) is 0 Å². The summed E-state index contributed by atoms with van der Waals surface area (Å²) in [6.45, 7) is 10.9. The van der Waals surface area contributed by atoms with Crippen molar-refractivity contribution in [3.63, 3.8) is 0 Å². The summed E-state index contributed by atoms with van der Waals surface area (Å²) in [6, 6.07) is 3.96. The number of nitrogens with zero attached hydrogens (tertiary/aromatic N) is 3. The van der Waals surface area contributed by atoms with Gasteiger partial charge in [-0.05, 0) is 52.8 Å². The van der Waals surface area contributed by atoms with Crippen molar-refractivity contribution < 1.29 is 32.9 Å². The van der Waals surface area contributed by atoms with Crippen LogP contribution >= 0.6 is 0 Å². The van der Waals surface area contributed by atoms with Gasteiger partial charge in [-0.25, -0.2) is 19.2 Å². The number of hydrogen-bond acceptors (Lipinski definition) is 8. The third kappa shape index (κ3) is 8.28. The Morgan fingerprint density at radius 1 is 1.11 bits per heavy atom. The lowest BCUT2D eigenvalue weighted by molar-refractivity contribution is 0.0504. The molecule has 1 aromatic heterocycles. The summed E-state index contributed by atoms with van der Waals surface area (Å²) in [5, 5.41) is 2.69. The lowest BCUT2D eigenvalue weighted by Gasteiger charge is -2.31. The van der Waals surface area contributed by atoms with Crippen molar-refractivity contribution in [2.24, 2.45) is 0 Å². The molecule has 1 N–H and O–H groups in total. The van der Waals surface area contributed by atoms with Crippen LogP contribution in [-0.4, -0.2) is 71.4 Å². The number of ether oxygens (including phenoxy) is 4. The molecule has 2 amide bonds. The molecule has 10 nitrogen and oxygen atoms in total. The number of nitrogens with one attached hydrogen (secondary N) is 1. The number of aromatic nitrogens is 2. The van der Waals surface area contributed by atoms with Crippen molar-refractivity contribution in [3.8, 4) is 17.5 Å². The summed E-state index contributed by atoms with van der Waals surface area (Å²) < 4.78 is 37.1. The topological polar surface area (TPSA) is 112 Å². The van der Waals surface area contributed by atoms with Crippen LogP contribution in [0.2, 0.25) is 0 Å². The van der Waals surface area contributed by atoms with Gasteiger partial charge in [-0.2, -0.15) is 0 Å². The van der Waals surface area contributed by atoms with E-state index in [4.69, 9.17) is 18.9 Å². The second-order valence-electron chi connectivity index (χ2n) is 9.27. The minimum Gasteiger partial charge on any atom is -0.474 e. The Morgan fingerprint density at radius 2 is 1.81 bits per heavy atom. The predicted octanol–water partition coefficient (Wildman–Crippen LogP) is 4.26. The van der Waals surface area contributed by atoms with Crippen LogP contribution in [0.1, 0.15) is 56.5 Å². The molecule has 1 aliphatic heterocycles. The van der Waals surface area contributed by atoms with Gasteiger partial charge < -0.3 is 29.2 Å². The number of amides is 2. The highest BCUT2D eigenvalue weighted by Crippen LogP contribution is 2.30. The third-order valence-corrected chi connectivity index (χ3v) is 5.55. The quantitative estimate of drug-likeness (QED) is 0.465. The molecule has 1 saturated heterocycles. The lowest BCUT2D eigenvalue weighted by atomic mass is 10.1. The standard InChI is InChI=1S/C26H35FN4O6/c1-16(2)34-13-10-28-23(32)19-6-7-22(21(27)14-19)37-25-18(5)24(29-15-30-25)36-20-8-11-31(12-9-20)26(33)35-17(3)4/h6-7,14-17,20H,8-13H2,1-5H3,(H,28,32). The number of carbonyl (C=O) groups excluding carboxylic acids is 2. The first-order chi connectivity index (χ1) is 17.6. The van der Waals surface area contributed by atoms with Crippen LogP contribution in [0.4, 0.5) is 9.18 Å². The predicted molar refractivity (Wildman–Crippen MR) is 134 cm³/mol. The number of rotatable bonds is 10. The van der Waals surface area contributed by atoms with Gasteiger partial charge in [0.15, 0.2) is 11.6 Å². The van der Waals surface area contributed by atoms with E-state index in [9.17, 15) is 14.0 Å². The van der Waals surface area contributed by atoms with Gasteiger partial charge in [0.1, 0.15) is 12.4 Å². The Hall–Kier alpha value is -3.47. The minimum atomic E-state index is -0.702. The van der Waals surface area contributed by atoms with Gasteiger partial charge >= 0.3 is 6.09 Å². The highest BCUT2D eigenvalue weighted by Gasteiger charge is 2.26. The lowest BCUT2D eigenvalue weighted by Crippen LogP contribution is -2.42. The van der Waals surface area contributed by atoms with Crippen LogP contribution in [0.25, 0.3) is 0 Å². The Kier molecular flexibility index (Phi) is 10.0. The Morgan fingerprint density at radius 3 is 2.46 bits per heavy atom. The fourth-order valence-corrected chi connectivity index (χ4v) is 3.62. The Bertz CT molecular complexity index is 1070. The van der Waals surface area contributed by atoms with Crippen LogP contribution in [0.3, 0.4) is 0 Å². The van der Waals surface area contributed by atoms with E-state index in [1.807, 2.05) is 27.7 Å². The zero-order chi connectivity index (χ0) is 26.9. The number of halogens is 1. The molecule has 0 saturated carbocycles. The first-order valence-electron chi connectivity index (χ1n) is 12.4.